The largest absolute Gasteiger partial charge is 0.220 e. The molecule has 0 fully saturated rings. The van der Waals surface area contributed by atoms with Gasteiger partial charge >= 0.3 is 0 Å². The van der Waals surface area contributed by atoms with Gasteiger partial charge < -0.3 is 0 Å². The first-order valence-electron chi connectivity index (χ1n) is 4.50. The lowest BCUT2D eigenvalue weighted by Gasteiger charge is -2.06. The summed E-state index contributed by atoms with van der Waals surface area (Å²) < 4.78 is 1.79. The zero-order valence-electron chi connectivity index (χ0n) is 7.92. The Morgan fingerprint density at radius 3 is 2.93 bits per heavy atom. The van der Waals surface area contributed by atoms with Gasteiger partial charge in [0.15, 0.2) is 0 Å². The predicted octanol–water partition coefficient (Wildman–Crippen LogP) is 2.38. The monoisotopic (exact) mass is 205 g/mol. The Morgan fingerprint density at radius 1 is 1.36 bits per heavy atom. The van der Waals surface area contributed by atoms with Gasteiger partial charge in [0.05, 0.1) is 18.1 Å². The molecule has 0 aliphatic heterocycles. The van der Waals surface area contributed by atoms with Crippen molar-refractivity contribution in [3.05, 3.63) is 36.7 Å². The van der Waals surface area contributed by atoms with Crippen molar-refractivity contribution in [3.63, 3.8) is 0 Å². The Kier molecular flexibility index (Phi) is 2.84. The van der Waals surface area contributed by atoms with Crippen molar-refractivity contribution >= 4 is 11.8 Å². The van der Waals surface area contributed by atoms with E-state index in [1.165, 1.54) is 4.90 Å². The van der Waals surface area contributed by atoms with Crippen LogP contribution in [0.1, 0.15) is 6.92 Å². The fourth-order valence-electron chi connectivity index (χ4n) is 1.26. The summed E-state index contributed by atoms with van der Waals surface area (Å²) in [7, 11) is 0. The second kappa shape index (κ2) is 4.28. The Morgan fingerprint density at radius 2 is 2.21 bits per heavy atom. The molecule has 0 amide bonds. The number of rotatable bonds is 3. The summed E-state index contributed by atoms with van der Waals surface area (Å²) in [5.74, 6) is 1.06. The molecule has 3 nitrogen and oxygen atoms in total. The molecule has 4 heteroatoms. The van der Waals surface area contributed by atoms with E-state index in [-0.39, 0.29) is 0 Å². The minimum atomic E-state index is 1.06. The van der Waals surface area contributed by atoms with E-state index >= 15 is 0 Å². The van der Waals surface area contributed by atoms with Crippen molar-refractivity contribution < 1.29 is 0 Å². The van der Waals surface area contributed by atoms with E-state index in [0.29, 0.717) is 0 Å². The van der Waals surface area contributed by atoms with Crippen LogP contribution in [-0.4, -0.2) is 20.7 Å². The quantitative estimate of drug-likeness (QED) is 0.721. The van der Waals surface area contributed by atoms with Crippen molar-refractivity contribution in [2.24, 2.45) is 0 Å². The molecule has 0 aliphatic carbocycles. The molecule has 0 N–H and O–H groups in total. The van der Waals surface area contributed by atoms with Gasteiger partial charge in [0, 0.05) is 4.90 Å². The SMILES string of the molecule is CCSc1ccccc1-n1ccnn1. The minimum Gasteiger partial charge on any atom is -0.220 e. The van der Waals surface area contributed by atoms with Crippen LogP contribution < -0.4 is 0 Å². The Bertz CT molecular complexity index is 398. The third-order valence-electron chi connectivity index (χ3n) is 1.83. The summed E-state index contributed by atoms with van der Waals surface area (Å²) in [6.07, 6.45) is 3.54. The molecule has 0 saturated heterocycles. The molecule has 0 aliphatic rings. The zero-order valence-corrected chi connectivity index (χ0v) is 8.74. The molecule has 14 heavy (non-hydrogen) atoms. The smallest absolute Gasteiger partial charge is 0.0799 e. The van der Waals surface area contributed by atoms with Gasteiger partial charge in [0.1, 0.15) is 0 Å². The summed E-state index contributed by atoms with van der Waals surface area (Å²) >= 11 is 1.81. The van der Waals surface area contributed by atoms with Crippen LogP contribution in [0.4, 0.5) is 0 Å². The van der Waals surface area contributed by atoms with Gasteiger partial charge in [-0.15, -0.1) is 16.9 Å². The molecular formula is C10H11N3S. The standard InChI is InChI=1S/C10H11N3S/c1-2-14-10-6-4-3-5-9(10)13-8-7-11-12-13/h3-8H,2H2,1H3. The van der Waals surface area contributed by atoms with Gasteiger partial charge in [-0.2, -0.15) is 0 Å². The molecule has 0 unspecified atom stereocenters. The fraction of sp³-hybridized carbons (Fsp3) is 0.200. The van der Waals surface area contributed by atoms with Crippen LogP contribution in [0, 0.1) is 0 Å². The predicted molar refractivity (Wildman–Crippen MR) is 57.8 cm³/mol. The highest BCUT2D eigenvalue weighted by Crippen LogP contribution is 2.24. The topological polar surface area (TPSA) is 30.7 Å². The maximum Gasteiger partial charge on any atom is 0.0799 e. The maximum atomic E-state index is 3.98. The fourth-order valence-corrected chi connectivity index (χ4v) is 2.06. The molecule has 0 saturated carbocycles. The average Bonchev–Trinajstić information content (AvgIpc) is 2.72. The summed E-state index contributed by atoms with van der Waals surface area (Å²) in [5.41, 5.74) is 1.09. The molecule has 2 aromatic rings. The summed E-state index contributed by atoms with van der Waals surface area (Å²) in [5, 5.41) is 7.79. The van der Waals surface area contributed by atoms with E-state index in [1.807, 2.05) is 36.2 Å². The van der Waals surface area contributed by atoms with Crippen LogP contribution in [0.2, 0.25) is 0 Å². The van der Waals surface area contributed by atoms with Crippen LogP contribution in [0.15, 0.2) is 41.6 Å². The Balaban J connectivity index is 2.42. The van der Waals surface area contributed by atoms with Crippen LogP contribution in [-0.2, 0) is 0 Å². The number of hydrogen-bond donors (Lipinski definition) is 0. The van der Waals surface area contributed by atoms with Gasteiger partial charge in [-0.25, -0.2) is 4.68 Å². The molecule has 2 rings (SSSR count). The van der Waals surface area contributed by atoms with E-state index in [1.54, 1.807) is 10.9 Å². The van der Waals surface area contributed by atoms with Gasteiger partial charge in [-0.05, 0) is 17.9 Å². The molecule has 1 aromatic carbocycles. The van der Waals surface area contributed by atoms with Crippen molar-refractivity contribution in [3.8, 4) is 5.69 Å². The highest BCUT2D eigenvalue weighted by atomic mass is 32.2. The number of nitrogens with zero attached hydrogens (tertiary/aromatic N) is 3. The lowest BCUT2D eigenvalue weighted by Crippen LogP contribution is -1.96. The zero-order chi connectivity index (χ0) is 9.80. The summed E-state index contributed by atoms with van der Waals surface area (Å²) in [6, 6.07) is 8.20. The first kappa shape index (κ1) is 9.27. The summed E-state index contributed by atoms with van der Waals surface area (Å²) in [6.45, 7) is 2.14. The van der Waals surface area contributed by atoms with E-state index < -0.39 is 0 Å². The molecule has 0 bridgehead atoms. The van der Waals surface area contributed by atoms with Crippen LogP contribution >= 0.6 is 11.8 Å². The van der Waals surface area contributed by atoms with E-state index in [2.05, 4.69) is 23.3 Å². The lowest BCUT2D eigenvalue weighted by atomic mass is 10.3. The van der Waals surface area contributed by atoms with Crippen molar-refractivity contribution in [1.82, 2.24) is 15.0 Å². The molecule has 0 radical (unpaired) electrons. The molecular weight excluding hydrogens is 194 g/mol. The number of aromatic nitrogens is 3. The molecule has 1 heterocycles. The van der Waals surface area contributed by atoms with Gasteiger partial charge in [-0.3, -0.25) is 0 Å². The highest BCUT2D eigenvalue weighted by molar-refractivity contribution is 7.99. The molecule has 1 aromatic heterocycles. The Hall–Kier alpha value is -1.29. The molecule has 72 valence electrons. The number of thioether (sulfide) groups is 1. The molecule has 0 atom stereocenters. The maximum absolute atomic E-state index is 3.98. The number of benzene rings is 1. The van der Waals surface area contributed by atoms with E-state index in [9.17, 15) is 0 Å². The van der Waals surface area contributed by atoms with Gasteiger partial charge in [0.25, 0.3) is 0 Å². The van der Waals surface area contributed by atoms with Gasteiger partial charge in [-0.1, -0.05) is 24.3 Å². The average molecular weight is 205 g/mol. The lowest BCUT2D eigenvalue weighted by molar-refractivity contribution is 0.791. The van der Waals surface area contributed by atoms with Gasteiger partial charge in [0.2, 0.25) is 0 Å². The van der Waals surface area contributed by atoms with E-state index in [4.69, 9.17) is 0 Å². The minimum absolute atomic E-state index is 1.06. The third kappa shape index (κ3) is 1.80. The highest BCUT2D eigenvalue weighted by Gasteiger charge is 2.03. The van der Waals surface area contributed by atoms with Crippen molar-refractivity contribution in [2.75, 3.05) is 5.75 Å². The number of para-hydroxylation sites is 1. The first-order chi connectivity index (χ1) is 6.92. The first-order valence-corrected chi connectivity index (χ1v) is 5.49. The van der Waals surface area contributed by atoms with Crippen LogP contribution in [0.5, 0.6) is 0 Å². The second-order valence-electron chi connectivity index (χ2n) is 2.75. The van der Waals surface area contributed by atoms with Crippen LogP contribution in [0.25, 0.3) is 5.69 Å². The normalized spacial score (nSPS) is 10.4. The Labute approximate surface area is 87.1 Å². The van der Waals surface area contributed by atoms with Crippen LogP contribution in [0.3, 0.4) is 0 Å². The third-order valence-corrected chi connectivity index (χ3v) is 2.78. The summed E-state index contributed by atoms with van der Waals surface area (Å²) in [4.78, 5) is 1.24. The van der Waals surface area contributed by atoms with E-state index in [0.717, 1.165) is 11.4 Å². The second-order valence-corrected chi connectivity index (χ2v) is 4.05. The van der Waals surface area contributed by atoms with Crippen molar-refractivity contribution in [1.29, 1.82) is 0 Å². The number of hydrogen-bond acceptors (Lipinski definition) is 3. The van der Waals surface area contributed by atoms with Crippen molar-refractivity contribution in [2.45, 2.75) is 11.8 Å². The molecule has 0 spiro atoms.